The van der Waals surface area contributed by atoms with Crippen molar-refractivity contribution in [2.24, 2.45) is 0 Å². The van der Waals surface area contributed by atoms with Gasteiger partial charge in [0.2, 0.25) is 5.91 Å². The molecule has 1 aliphatic rings. The molecule has 1 aliphatic heterocycles. The van der Waals surface area contributed by atoms with Crippen LogP contribution in [-0.4, -0.2) is 63.0 Å². The number of nitrogens with one attached hydrogen (secondary N) is 2. The van der Waals surface area contributed by atoms with Crippen LogP contribution in [-0.2, 0) is 17.9 Å². The van der Waals surface area contributed by atoms with Gasteiger partial charge in [-0.1, -0.05) is 43.2 Å². The lowest BCUT2D eigenvalue weighted by Crippen LogP contribution is -2.62. The number of unbranched alkanes of at least 4 members (excludes halogenated alkanes) is 1. The molecule has 184 valence electrons. The molecule has 1 aromatic heterocycles. The molecule has 0 radical (unpaired) electrons. The fraction of sp³-hybridized carbons (Fsp3) is 0.520. The zero-order valence-electron chi connectivity index (χ0n) is 20.5. The molecule has 34 heavy (non-hydrogen) atoms. The predicted octanol–water partition coefficient (Wildman–Crippen LogP) is 3.01. The summed E-state index contributed by atoms with van der Waals surface area (Å²) in [4.78, 5) is 40.1. The molecule has 2 heterocycles. The maximum Gasteiger partial charge on any atom is 0.272 e. The summed E-state index contributed by atoms with van der Waals surface area (Å²) < 4.78 is 1.48. The van der Waals surface area contributed by atoms with Crippen LogP contribution in [0.2, 0.25) is 0 Å². The molecule has 0 spiro atoms. The summed E-state index contributed by atoms with van der Waals surface area (Å²) >= 11 is 1.89. The Labute approximate surface area is 205 Å². The van der Waals surface area contributed by atoms with Crippen molar-refractivity contribution >= 4 is 29.5 Å². The van der Waals surface area contributed by atoms with Crippen LogP contribution < -0.4 is 10.6 Å². The molecule has 0 fully saturated rings. The average Bonchev–Trinajstić information content (AvgIpc) is 3.25. The normalized spacial score (nSPS) is 17.4. The van der Waals surface area contributed by atoms with Gasteiger partial charge in [-0.2, -0.15) is 16.9 Å². The molecule has 8 nitrogen and oxygen atoms in total. The highest BCUT2D eigenvalue weighted by Crippen LogP contribution is 2.26. The van der Waals surface area contributed by atoms with Gasteiger partial charge in [-0.15, -0.1) is 0 Å². The van der Waals surface area contributed by atoms with Crippen molar-refractivity contribution in [1.82, 2.24) is 25.3 Å². The second-order valence-corrected chi connectivity index (χ2v) is 10.2. The average molecular weight is 486 g/mol. The lowest BCUT2D eigenvalue weighted by Gasteiger charge is -2.40. The molecule has 2 aromatic rings. The summed E-state index contributed by atoms with van der Waals surface area (Å²) in [5, 5.41) is 10.2. The van der Waals surface area contributed by atoms with Gasteiger partial charge < -0.3 is 15.5 Å². The van der Waals surface area contributed by atoms with E-state index in [0.29, 0.717) is 18.8 Å². The highest BCUT2D eigenvalue weighted by atomic mass is 32.2. The first-order valence-electron chi connectivity index (χ1n) is 11.8. The molecule has 0 saturated carbocycles. The fourth-order valence-corrected chi connectivity index (χ4v) is 4.78. The first kappa shape index (κ1) is 25.8. The summed E-state index contributed by atoms with van der Waals surface area (Å²) in [6.07, 6.45) is 3.28. The Hall–Kier alpha value is -2.81. The summed E-state index contributed by atoms with van der Waals surface area (Å²) in [5.41, 5.74) is 1.52. The van der Waals surface area contributed by atoms with E-state index in [-0.39, 0.29) is 30.0 Å². The number of benzene rings is 1. The second-order valence-electron chi connectivity index (χ2n) is 8.95. The number of likely N-dealkylation sites (N-methyl/N-ethyl adjacent to an activating group) is 1. The van der Waals surface area contributed by atoms with E-state index in [4.69, 9.17) is 0 Å². The van der Waals surface area contributed by atoms with E-state index < -0.39 is 5.54 Å². The Morgan fingerprint density at radius 2 is 1.85 bits per heavy atom. The van der Waals surface area contributed by atoms with E-state index in [1.807, 2.05) is 43.0 Å². The third-order valence-electron chi connectivity index (χ3n) is 6.19. The van der Waals surface area contributed by atoms with Gasteiger partial charge in [-0.05, 0) is 43.8 Å². The number of thioether (sulfide) groups is 1. The monoisotopic (exact) mass is 485 g/mol. The Bertz CT molecular complexity index is 1020. The van der Waals surface area contributed by atoms with E-state index in [0.717, 1.165) is 29.1 Å². The zero-order valence-corrected chi connectivity index (χ0v) is 21.3. The van der Waals surface area contributed by atoms with Crippen LogP contribution in [0.4, 0.5) is 0 Å². The van der Waals surface area contributed by atoms with Crippen molar-refractivity contribution in [3.05, 3.63) is 52.8 Å². The van der Waals surface area contributed by atoms with Crippen LogP contribution in [0.5, 0.6) is 0 Å². The number of amides is 3. The minimum absolute atomic E-state index is 0.172. The molecule has 3 rings (SSSR count). The molecule has 0 saturated heterocycles. The highest BCUT2D eigenvalue weighted by Gasteiger charge is 2.46. The van der Waals surface area contributed by atoms with E-state index in [1.165, 1.54) is 28.5 Å². The molecule has 0 bridgehead atoms. The lowest BCUT2D eigenvalue weighted by molar-refractivity contribution is -0.132. The van der Waals surface area contributed by atoms with Gasteiger partial charge in [-0.25, -0.2) is 0 Å². The summed E-state index contributed by atoms with van der Waals surface area (Å²) in [6, 6.07) is 9.43. The van der Waals surface area contributed by atoms with Gasteiger partial charge >= 0.3 is 0 Å². The first-order valence-corrected chi connectivity index (χ1v) is 13.0. The zero-order chi connectivity index (χ0) is 24.7. The second kappa shape index (κ2) is 11.6. The molecular weight excluding hydrogens is 450 g/mol. The Kier molecular flexibility index (Phi) is 8.77. The van der Waals surface area contributed by atoms with E-state index in [1.54, 1.807) is 14.0 Å². The van der Waals surface area contributed by atoms with Crippen LogP contribution >= 0.6 is 11.8 Å². The van der Waals surface area contributed by atoms with Crippen LogP contribution in [0.1, 0.15) is 65.2 Å². The molecule has 1 aromatic carbocycles. The van der Waals surface area contributed by atoms with Gasteiger partial charge in [0, 0.05) is 26.2 Å². The van der Waals surface area contributed by atoms with Crippen LogP contribution in [0.15, 0.2) is 30.3 Å². The van der Waals surface area contributed by atoms with Crippen molar-refractivity contribution < 1.29 is 14.4 Å². The number of hydrogen-bond acceptors (Lipinski definition) is 5. The number of aromatic nitrogens is 2. The first-order chi connectivity index (χ1) is 16.3. The summed E-state index contributed by atoms with van der Waals surface area (Å²) in [5.74, 6) is 1.24. The SMILES string of the molecule is CCCCSCCCNC(=O)c1cc2n(n1)CC(C)(C(=O)NCc1ccc(C)cc1)N(C)C2=O. The molecule has 0 aliphatic carbocycles. The van der Waals surface area contributed by atoms with Crippen LogP contribution in [0, 0.1) is 6.92 Å². The maximum absolute atomic E-state index is 13.1. The molecule has 3 amide bonds. The Morgan fingerprint density at radius 3 is 2.56 bits per heavy atom. The van der Waals surface area contributed by atoms with Gasteiger partial charge in [0.05, 0.1) is 6.54 Å². The van der Waals surface area contributed by atoms with Gasteiger partial charge in [0.1, 0.15) is 11.2 Å². The smallest absolute Gasteiger partial charge is 0.272 e. The van der Waals surface area contributed by atoms with Crippen molar-refractivity contribution in [3.8, 4) is 0 Å². The Morgan fingerprint density at radius 1 is 1.15 bits per heavy atom. The number of carbonyl (C=O) groups is 3. The summed E-state index contributed by atoms with van der Waals surface area (Å²) in [7, 11) is 1.61. The predicted molar refractivity (Wildman–Crippen MR) is 135 cm³/mol. The van der Waals surface area contributed by atoms with E-state index >= 15 is 0 Å². The molecule has 2 N–H and O–H groups in total. The number of nitrogens with zero attached hydrogens (tertiary/aromatic N) is 3. The number of hydrogen-bond donors (Lipinski definition) is 2. The Balaban J connectivity index is 1.60. The third-order valence-corrected chi connectivity index (χ3v) is 7.35. The van der Waals surface area contributed by atoms with E-state index in [9.17, 15) is 14.4 Å². The minimum atomic E-state index is -1.12. The molecule has 1 atom stereocenters. The highest BCUT2D eigenvalue weighted by molar-refractivity contribution is 7.99. The fourth-order valence-electron chi connectivity index (χ4n) is 3.73. The largest absolute Gasteiger partial charge is 0.351 e. The molecular formula is C25H35N5O3S. The van der Waals surface area contributed by atoms with Gasteiger partial charge in [-0.3, -0.25) is 19.1 Å². The van der Waals surface area contributed by atoms with Crippen LogP contribution in [0.25, 0.3) is 0 Å². The quantitative estimate of drug-likeness (QED) is 0.477. The maximum atomic E-state index is 13.1. The number of carbonyl (C=O) groups excluding carboxylic acids is 3. The third kappa shape index (κ3) is 6.00. The number of fused-ring (bicyclic) bond motifs is 1. The van der Waals surface area contributed by atoms with E-state index in [2.05, 4.69) is 22.7 Å². The number of rotatable bonds is 11. The summed E-state index contributed by atoms with van der Waals surface area (Å²) in [6.45, 7) is 7.01. The van der Waals surface area contributed by atoms with Gasteiger partial charge in [0.25, 0.3) is 11.8 Å². The van der Waals surface area contributed by atoms with Gasteiger partial charge in [0.15, 0.2) is 5.69 Å². The van der Waals surface area contributed by atoms with Crippen molar-refractivity contribution in [1.29, 1.82) is 0 Å². The topological polar surface area (TPSA) is 96.3 Å². The molecule has 1 unspecified atom stereocenters. The number of aryl methyl sites for hydroxylation is 1. The van der Waals surface area contributed by atoms with Crippen molar-refractivity contribution in [2.75, 3.05) is 25.1 Å². The standard InChI is InChI=1S/C25H35N5O3S/c1-5-6-13-34-14-7-12-26-22(31)20-15-21-23(32)29(4)25(3,17-30(21)28-20)24(33)27-16-19-10-8-18(2)9-11-19/h8-11,15H,5-7,12-14,16-17H2,1-4H3,(H,26,31)(H,27,33). The van der Waals surface area contributed by atoms with Crippen molar-refractivity contribution in [2.45, 2.75) is 58.7 Å². The minimum Gasteiger partial charge on any atom is -0.351 e. The van der Waals surface area contributed by atoms with Crippen LogP contribution in [0.3, 0.4) is 0 Å². The lowest BCUT2D eigenvalue weighted by atomic mass is 9.95. The molecule has 9 heteroatoms. The van der Waals surface area contributed by atoms with Crippen molar-refractivity contribution in [3.63, 3.8) is 0 Å².